The van der Waals surface area contributed by atoms with Crippen LogP contribution in [0.3, 0.4) is 0 Å². The second-order valence-corrected chi connectivity index (χ2v) is 6.39. The summed E-state index contributed by atoms with van der Waals surface area (Å²) in [6.45, 7) is 2.55. The number of carbonyl (C=O) groups excluding carboxylic acids is 1. The number of aromatic nitrogens is 1. The number of piperazine rings is 1. The highest BCUT2D eigenvalue weighted by molar-refractivity contribution is 5.62. The fraction of sp³-hybridized carbons (Fsp3) is 0.368. The Morgan fingerprint density at radius 2 is 2.07 bits per heavy atom. The van der Waals surface area contributed by atoms with Gasteiger partial charge in [-0.2, -0.15) is 13.2 Å². The van der Waals surface area contributed by atoms with E-state index in [4.69, 9.17) is 0 Å². The van der Waals surface area contributed by atoms with Crippen LogP contribution >= 0.6 is 0 Å². The van der Waals surface area contributed by atoms with Gasteiger partial charge >= 0.3 is 6.18 Å². The van der Waals surface area contributed by atoms with Gasteiger partial charge in [0.25, 0.3) is 0 Å². The minimum absolute atomic E-state index is 0.0482. The molecule has 27 heavy (non-hydrogen) atoms. The molecule has 144 valence electrons. The van der Waals surface area contributed by atoms with Gasteiger partial charge in [0.15, 0.2) is 0 Å². The molecule has 1 fully saturated rings. The molecule has 0 saturated carbocycles. The molecule has 3 rings (SSSR count). The topological polar surface area (TPSA) is 48.5 Å². The quantitative estimate of drug-likeness (QED) is 0.811. The molecule has 0 radical (unpaired) electrons. The summed E-state index contributed by atoms with van der Waals surface area (Å²) in [5.41, 5.74) is 1.14. The Balaban J connectivity index is 1.75. The highest BCUT2D eigenvalue weighted by atomic mass is 19.4. The SMILES string of the molecule is CNC1CN(c2ccc(-c3cccc(C(F)(F)F)c3)nc2)CCN1CC=O. The van der Waals surface area contributed by atoms with Crippen LogP contribution in [0.25, 0.3) is 11.3 Å². The van der Waals surface area contributed by atoms with Crippen LogP contribution in [-0.4, -0.2) is 55.6 Å². The number of pyridine rings is 1. The Hall–Kier alpha value is -2.45. The summed E-state index contributed by atoms with van der Waals surface area (Å²) in [6, 6.07) is 8.76. The van der Waals surface area contributed by atoms with Crippen molar-refractivity contribution in [1.29, 1.82) is 0 Å². The largest absolute Gasteiger partial charge is 0.416 e. The number of hydrogen-bond acceptors (Lipinski definition) is 5. The third-order valence-corrected chi connectivity index (χ3v) is 4.73. The van der Waals surface area contributed by atoms with Crippen molar-refractivity contribution in [3.8, 4) is 11.3 Å². The molecule has 1 aromatic carbocycles. The summed E-state index contributed by atoms with van der Waals surface area (Å²) in [4.78, 5) is 19.3. The number of likely N-dealkylation sites (N-methyl/N-ethyl adjacent to an activating group) is 1. The lowest BCUT2D eigenvalue weighted by Crippen LogP contribution is -2.58. The van der Waals surface area contributed by atoms with Gasteiger partial charge in [-0.1, -0.05) is 12.1 Å². The van der Waals surface area contributed by atoms with Crippen molar-refractivity contribution >= 4 is 12.0 Å². The number of carbonyl (C=O) groups is 1. The van der Waals surface area contributed by atoms with Gasteiger partial charge in [0.2, 0.25) is 0 Å². The first kappa shape index (κ1) is 19.3. The Kier molecular flexibility index (Phi) is 5.76. The average Bonchev–Trinajstić information content (AvgIpc) is 2.68. The number of hydrogen-bond donors (Lipinski definition) is 1. The van der Waals surface area contributed by atoms with E-state index in [0.717, 1.165) is 37.2 Å². The highest BCUT2D eigenvalue weighted by Gasteiger charge is 2.30. The van der Waals surface area contributed by atoms with Crippen LogP contribution in [0.4, 0.5) is 18.9 Å². The predicted octanol–water partition coefficient (Wildman–Crippen LogP) is 2.63. The van der Waals surface area contributed by atoms with Crippen molar-refractivity contribution in [1.82, 2.24) is 15.2 Å². The van der Waals surface area contributed by atoms with E-state index in [9.17, 15) is 18.0 Å². The van der Waals surface area contributed by atoms with Gasteiger partial charge in [0.1, 0.15) is 6.29 Å². The summed E-state index contributed by atoms with van der Waals surface area (Å²) in [5, 5.41) is 3.19. The van der Waals surface area contributed by atoms with Crippen molar-refractivity contribution in [3.63, 3.8) is 0 Å². The van der Waals surface area contributed by atoms with Crippen LogP contribution in [0.1, 0.15) is 5.56 Å². The van der Waals surface area contributed by atoms with Gasteiger partial charge in [-0.3, -0.25) is 9.88 Å². The summed E-state index contributed by atoms with van der Waals surface area (Å²) < 4.78 is 38.7. The van der Waals surface area contributed by atoms with Crippen LogP contribution in [0.2, 0.25) is 0 Å². The second kappa shape index (κ2) is 8.06. The number of anilines is 1. The predicted molar refractivity (Wildman–Crippen MR) is 97.4 cm³/mol. The molecule has 0 amide bonds. The van der Waals surface area contributed by atoms with E-state index in [2.05, 4.69) is 20.1 Å². The summed E-state index contributed by atoms with van der Waals surface area (Å²) in [5.74, 6) is 0. The third-order valence-electron chi connectivity index (χ3n) is 4.73. The number of halogens is 3. The van der Waals surface area contributed by atoms with Crippen LogP contribution in [0.15, 0.2) is 42.6 Å². The van der Waals surface area contributed by atoms with Crippen LogP contribution < -0.4 is 10.2 Å². The fourth-order valence-electron chi connectivity index (χ4n) is 3.24. The molecule has 1 aliphatic heterocycles. The molecule has 1 saturated heterocycles. The first-order valence-electron chi connectivity index (χ1n) is 8.66. The molecule has 0 aliphatic carbocycles. The van der Waals surface area contributed by atoms with Gasteiger partial charge in [-0.25, -0.2) is 0 Å². The monoisotopic (exact) mass is 378 g/mol. The molecule has 1 aliphatic rings. The zero-order valence-corrected chi connectivity index (χ0v) is 14.9. The number of rotatable bonds is 5. The molecule has 1 N–H and O–H groups in total. The maximum atomic E-state index is 12.9. The fourth-order valence-corrected chi connectivity index (χ4v) is 3.24. The average molecular weight is 378 g/mol. The molecule has 2 heterocycles. The summed E-state index contributed by atoms with van der Waals surface area (Å²) in [7, 11) is 1.85. The molecular weight excluding hydrogens is 357 g/mol. The van der Waals surface area contributed by atoms with Gasteiger partial charge < -0.3 is 15.0 Å². The Bertz CT molecular complexity index is 779. The van der Waals surface area contributed by atoms with Gasteiger partial charge in [0.05, 0.1) is 35.9 Å². The molecular formula is C19H21F3N4O. The van der Waals surface area contributed by atoms with Crippen molar-refractivity contribution in [2.24, 2.45) is 0 Å². The van der Waals surface area contributed by atoms with E-state index in [-0.39, 0.29) is 6.17 Å². The highest BCUT2D eigenvalue weighted by Crippen LogP contribution is 2.32. The minimum atomic E-state index is -4.38. The van der Waals surface area contributed by atoms with Crippen molar-refractivity contribution < 1.29 is 18.0 Å². The molecule has 0 spiro atoms. The standard InChI is InChI=1S/C19H21F3N4O/c1-23-18-13-26(8-7-25(18)9-10-27)16-5-6-17(24-12-16)14-3-2-4-15(11-14)19(20,21)22/h2-6,10-12,18,23H,7-9,13H2,1H3. The van der Waals surface area contributed by atoms with Gasteiger partial charge in [0, 0.05) is 25.2 Å². The molecule has 2 aromatic rings. The lowest BCUT2D eigenvalue weighted by Gasteiger charge is -2.41. The van der Waals surface area contributed by atoms with Crippen molar-refractivity contribution in [2.45, 2.75) is 12.3 Å². The number of alkyl halides is 3. The summed E-state index contributed by atoms with van der Waals surface area (Å²) in [6.07, 6.45) is -1.75. The lowest BCUT2D eigenvalue weighted by molar-refractivity contribution is -0.137. The maximum absolute atomic E-state index is 12.9. The number of nitrogens with one attached hydrogen (secondary N) is 1. The van der Waals surface area contributed by atoms with E-state index in [1.165, 1.54) is 6.07 Å². The summed E-state index contributed by atoms with van der Waals surface area (Å²) >= 11 is 0. The maximum Gasteiger partial charge on any atom is 0.416 e. The Morgan fingerprint density at radius 1 is 1.26 bits per heavy atom. The van der Waals surface area contributed by atoms with Gasteiger partial charge in [-0.05, 0) is 31.3 Å². The van der Waals surface area contributed by atoms with E-state index in [1.54, 1.807) is 18.3 Å². The first-order chi connectivity index (χ1) is 12.9. The molecule has 1 atom stereocenters. The van der Waals surface area contributed by atoms with E-state index in [1.807, 2.05) is 13.1 Å². The Labute approximate surface area is 155 Å². The smallest absolute Gasteiger partial charge is 0.366 e. The van der Waals surface area contributed by atoms with Crippen LogP contribution in [0.5, 0.6) is 0 Å². The van der Waals surface area contributed by atoms with E-state index in [0.29, 0.717) is 24.3 Å². The normalized spacial score (nSPS) is 18.5. The molecule has 8 heteroatoms. The molecule has 0 bridgehead atoms. The van der Waals surface area contributed by atoms with E-state index < -0.39 is 11.7 Å². The second-order valence-electron chi connectivity index (χ2n) is 6.39. The van der Waals surface area contributed by atoms with Crippen molar-refractivity contribution in [3.05, 3.63) is 48.2 Å². The first-order valence-corrected chi connectivity index (χ1v) is 8.66. The van der Waals surface area contributed by atoms with Crippen molar-refractivity contribution in [2.75, 3.05) is 38.1 Å². The molecule has 1 aromatic heterocycles. The zero-order valence-electron chi connectivity index (χ0n) is 14.9. The van der Waals surface area contributed by atoms with Crippen LogP contribution in [-0.2, 0) is 11.0 Å². The minimum Gasteiger partial charge on any atom is -0.366 e. The number of benzene rings is 1. The van der Waals surface area contributed by atoms with E-state index >= 15 is 0 Å². The molecule has 1 unspecified atom stereocenters. The zero-order chi connectivity index (χ0) is 19.4. The van der Waals surface area contributed by atoms with Crippen LogP contribution in [0, 0.1) is 0 Å². The third kappa shape index (κ3) is 4.45. The van der Waals surface area contributed by atoms with Gasteiger partial charge in [-0.15, -0.1) is 0 Å². The number of nitrogens with zero attached hydrogens (tertiary/aromatic N) is 3. The lowest BCUT2D eigenvalue weighted by atomic mass is 10.1. The number of aldehydes is 1. The molecule has 5 nitrogen and oxygen atoms in total. The Morgan fingerprint density at radius 3 is 2.70 bits per heavy atom.